The van der Waals surface area contributed by atoms with Crippen LogP contribution in [0.1, 0.15) is 15.9 Å². The minimum Gasteiger partial charge on any atom is -0.394 e. The quantitative estimate of drug-likeness (QED) is 0.788. The molecule has 3 nitrogen and oxygen atoms in total. The monoisotopic (exact) mass is 411 g/mol. The van der Waals surface area contributed by atoms with E-state index in [9.17, 15) is 9.90 Å². The van der Waals surface area contributed by atoms with Crippen molar-refractivity contribution in [3.63, 3.8) is 0 Å². The van der Waals surface area contributed by atoms with Crippen LogP contribution < -0.4 is 5.32 Å². The zero-order valence-corrected chi connectivity index (χ0v) is 14.4. The van der Waals surface area contributed by atoms with E-state index in [1.54, 1.807) is 6.07 Å². The lowest BCUT2D eigenvalue weighted by Crippen LogP contribution is -2.39. The van der Waals surface area contributed by atoms with Gasteiger partial charge in [0.05, 0.1) is 18.2 Å². The molecule has 0 saturated carbocycles. The van der Waals surface area contributed by atoms with E-state index in [1.165, 1.54) is 0 Å². The maximum Gasteiger partial charge on any atom is 0.252 e. The second-order valence-corrected chi connectivity index (χ2v) is 6.44. The van der Waals surface area contributed by atoms with Crippen LogP contribution in [0.3, 0.4) is 0 Å². The van der Waals surface area contributed by atoms with Gasteiger partial charge < -0.3 is 10.4 Å². The van der Waals surface area contributed by atoms with Gasteiger partial charge in [0.2, 0.25) is 0 Å². The van der Waals surface area contributed by atoms with Crippen molar-refractivity contribution in [3.05, 3.63) is 68.6 Å². The van der Waals surface area contributed by atoms with Crippen molar-refractivity contribution >= 4 is 37.8 Å². The van der Waals surface area contributed by atoms with Crippen molar-refractivity contribution in [2.75, 3.05) is 6.61 Å². The molecule has 2 aromatic rings. The minimum atomic E-state index is -0.314. The van der Waals surface area contributed by atoms with E-state index < -0.39 is 0 Å². The van der Waals surface area contributed by atoms with Crippen molar-refractivity contribution in [3.8, 4) is 0 Å². The number of benzene rings is 2. The van der Waals surface area contributed by atoms with E-state index >= 15 is 0 Å². The van der Waals surface area contributed by atoms with Crippen LogP contribution in [-0.4, -0.2) is 23.7 Å². The average Bonchev–Trinajstić information content (AvgIpc) is 2.50. The van der Waals surface area contributed by atoms with Gasteiger partial charge in [-0.05, 0) is 46.1 Å². The molecule has 1 unspecified atom stereocenters. The number of nitrogens with one attached hydrogen (secondary N) is 1. The van der Waals surface area contributed by atoms with E-state index in [0.29, 0.717) is 12.0 Å². The summed E-state index contributed by atoms with van der Waals surface area (Å²) in [4.78, 5) is 12.3. The summed E-state index contributed by atoms with van der Waals surface area (Å²) in [7, 11) is 0. The second kappa shape index (κ2) is 7.73. The van der Waals surface area contributed by atoms with Gasteiger partial charge in [-0.15, -0.1) is 0 Å². The van der Waals surface area contributed by atoms with Crippen molar-refractivity contribution in [1.29, 1.82) is 0 Å². The third kappa shape index (κ3) is 4.66. The molecule has 0 spiro atoms. The Bertz CT molecular complexity index is 617. The molecular weight excluding hydrogens is 398 g/mol. The summed E-state index contributed by atoms with van der Waals surface area (Å²) in [5, 5.41) is 12.3. The van der Waals surface area contributed by atoms with Gasteiger partial charge in [0, 0.05) is 8.95 Å². The Kier molecular flexibility index (Phi) is 5.96. The molecule has 0 radical (unpaired) electrons. The molecule has 0 saturated heterocycles. The zero-order valence-electron chi connectivity index (χ0n) is 11.2. The summed E-state index contributed by atoms with van der Waals surface area (Å²) < 4.78 is 1.55. The van der Waals surface area contributed by atoms with Gasteiger partial charge in [-0.3, -0.25) is 4.79 Å². The number of carbonyl (C=O) groups excluding carboxylic acids is 1. The smallest absolute Gasteiger partial charge is 0.252 e. The van der Waals surface area contributed by atoms with Crippen LogP contribution in [0.2, 0.25) is 0 Å². The number of hydrogen-bond acceptors (Lipinski definition) is 2. The van der Waals surface area contributed by atoms with Crippen LogP contribution >= 0.6 is 31.9 Å². The van der Waals surface area contributed by atoms with Gasteiger partial charge in [-0.2, -0.15) is 0 Å². The van der Waals surface area contributed by atoms with E-state index in [2.05, 4.69) is 37.2 Å². The number of hydrogen-bond donors (Lipinski definition) is 2. The number of aliphatic hydroxyl groups is 1. The SMILES string of the molecule is O=C(NC(CO)Cc1ccccc1)c1cc(Br)ccc1Br. The van der Waals surface area contributed by atoms with Gasteiger partial charge in [0.1, 0.15) is 0 Å². The molecule has 0 aliphatic rings. The molecule has 2 aromatic carbocycles. The highest BCUT2D eigenvalue weighted by Crippen LogP contribution is 2.21. The van der Waals surface area contributed by atoms with Gasteiger partial charge in [0.15, 0.2) is 0 Å². The Morgan fingerprint density at radius 1 is 1.14 bits per heavy atom. The standard InChI is InChI=1S/C16H15Br2NO2/c17-12-6-7-15(18)14(9-12)16(21)19-13(10-20)8-11-4-2-1-3-5-11/h1-7,9,13,20H,8,10H2,(H,19,21). The average molecular weight is 413 g/mol. The number of halogens is 2. The first-order valence-corrected chi connectivity index (χ1v) is 8.09. The predicted octanol–water partition coefficient (Wildman–Crippen LogP) is 3.55. The van der Waals surface area contributed by atoms with Crippen LogP contribution in [0.15, 0.2) is 57.5 Å². The Morgan fingerprint density at radius 2 is 1.86 bits per heavy atom. The molecule has 0 aliphatic carbocycles. The van der Waals surface area contributed by atoms with Gasteiger partial charge in [-0.1, -0.05) is 46.3 Å². The summed E-state index contributed by atoms with van der Waals surface area (Å²) >= 11 is 6.72. The molecular formula is C16H15Br2NO2. The molecule has 0 aromatic heterocycles. The van der Waals surface area contributed by atoms with E-state index in [-0.39, 0.29) is 18.6 Å². The first-order chi connectivity index (χ1) is 10.1. The molecule has 0 aliphatic heterocycles. The van der Waals surface area contributed by atoms with E-state index in [4.69, 9.17) is 0 Å². The maximum absolute atomic E-state index is 12.3. The third-order valence-corrected chi connectivity index (χ3v) is 4.24. The second-order valence-electron chi connectivity index (χ2n) is 4.67. The predicted molar refractivity (Wildman–Crippen MR) is 90.3 cm³/mol. The summed E-state index contributed by atoms with van der Waals surface area (Å²) in [5.74, 6) is -0.210. The number of aliphatic hydroxyl groups excluding tert-OH is 1. The Morgan fingerprint density at radius 3 is 2.52 bits per heavy atom. The molecule has 21 heavy (non-hydrogen) atoms. The van der Waals surface area contributed by atoms with Crippen LogP contribution in [0.5, 0.6) is 0 Å². The maximum atomic E-state index is 12.3. The highest BCUT2D eigenvalue weighted by molar-refractivity contribution is 9.11. The summed E-state index contributed by atoms with van der Waals surface area (Å²) in [6.45, 7) is -0.105. The minimum absolute atomic E-state index is 0.105. The topological polar surface area (TPSA) is 49.3 Å². The highest BCUT2D eigenvalue weighted by atomic mass is 79.9. The molecule has 0 heterocycles. The normalized spacial score (nSPS) is 12.0. The number of carbonyl (C=O) groups is 1. The zero-order chi connectivity index (χ0) is 15.2. The number of rotatable bonds is 5. The van der Waals surface area contributed by atoms with E-state index in [0.717, 1.165) is 14.5 Å². The van der Waals surface area contributed by atoms with Crippen LogP contribution in [0, 0.1) is 0 Å². The molecule has 1 atom stereocenters. The Labute approximate surface area is 140 Å². The van der Waals surface area contributed by atoms with Gasteiger partial charge in [-0.25, -0.2) is 0 Å². The fourth-order valence-electron chi connectivity index (χ4n) is 1.99. The van der Waals surface area contributed by atoms with Crippen molar-refractivity contribution in [2.45, 2.75) is 12.5 Å². The van der Waals surface area contributed by atoms with Crippen molar-refractivity contribution < 1.29 is 9.90 Å². The molecule has 5 heteroatoms. The largest absolute Gasteiger partial charge is 0.394 e. The van der Waals surface area contributed by atoms with E-state index in [1.807, 2.05) is 42.5 Å². The van der Waals surface area contributed by atoms with Crippen molar-refractivity contribution in [1.82, 2.24) is 5.32 Å². The van der Waals surface area contributed by atoms with Crippen LogP contribution in [0.25, 0.3) is 0 Å². The lowest BCUT2D eigenvalue weighted by molar-refractivity contribution is 0.0915. The van der Waals surface area contributed by atoms with Crippen LogP contribution in [-0.2, 0) is 6.42 Å². The molecule has 2 N–H and O–H groups in total. The summed E-state index contributed by atoms with van der Waals surface area (Å²) in [6, 6.07) is 14.9. The Hall–Kier alpha value is -1.17. The first kappa shape index (κ1) is 16.2. The third-order valence-electron chi connectivity index (χ3n) is 3.05. The first-order valence-electron chi connectivity index (χ1n) is 6.51. The summed E-state index contributed by atoms with van der Waals surface area (Å²) in [6.07, 6.45) is 0.592. The molecule has 2 rings (SSSR count). The van der Waals surface area contributed by atoms with Crippen molar-refractivity contribution in [2.24, 2.45) is 0 Å². The fraction of sp³-hybridized carbons (Fsp3) is 0.188. The highest BCUT2D eigenvalue weighted by Gasteiger charge is 2.16. The summed E-state index contributed by atoms with van der Waals surface area (Å²) in [5.41, 5.74) is 1.61. The molecule has 0 fully saturated rings. The lowest BCUT2D eigenvalue weighted by atomic mass is 10.1. The lowest BCUT2D eigenvalue weighted by Gasteiger charge is -2.17. The van der Waals surface area contributed by atoms with Gasteiger partial charge in [0.25, 0.3) is 5.91 Å². The Balaban J connectivity index is 2.07. The molecule has 0 bridgehead atoms. The number of amides is 1. The molecule has 1 amide bonds. The van der Waals surface area contributed by atoms with Gasteiger partial charge >= 0.3 is 0 Å². The fourth-order valence-corrected chi connectivity index (χ4v) is 2.78. The van der Waals surface area contributed by atoms with Crippen LogP contribution in [0.4, 0.5) is 0 Å². The molecule has 110 valence electrons.